The van der Waals surface area contributed by atoms with Crippen molar-refractivity contribution in [1.29, 1.82) is 0 Å². The van der Waals surface area contributed by atoms with Crippen molar-refractivity contribution in [3.8, 4) is 11.5 Å². The van der Waals surface area contributed by atoms with E-state index in [4.69, 9.17) is 4.74 Å². The minimum atomic E-state index is 0.956. The number of aryl methyl sites for hydroxylation is 3. The lowest BCUT2D eigenvalue weighted by molar-refractivity contribution is 0.478. The molecule has 0 radical (unpaired) electrons. The quantitative estimate of drug-likeness (QED) is 0.685. The van der Waals surface area contributed by atoms with Crippen molar-refractivity contribution in [1.82, 2.24) is 4.98 Å². The average Bonchev–Trinajstić information content (AvgIpc) is 2.59. The molecule has 0 N–H and O–H groups in total. The molecule has 2 aromatic rings. The van der Waals surface area contributed by atoms with Gasteiger partial charge in [-0.2, -0.15) is 0 Å². The highest BCUT2D eigenvalue weighted by molar-refractivity contribution is 5.44. The van der Waals surface area contributed by atoms with Crippen LogP contribution in [0.5, 0.6) is 11.5 Å². The van der Waals surface area contributed by atoms with Crippen molar-refractivity contribution in [3.63, 3.8) is 0 Å². The van der Waals surface area contributed by atoms with Gasteiger partial charge in [0.1, 0.15) is 11.5 Å². The van der Waals surface area contributed by atoms with Crippen molar-refractivity contribution in [3.05, 3.63) is 53.3 Å². The van der Waals surface area contributed by atoms with E-state index in [0.717, 1.165) is 30.0 Å². The molecule has 0 bridgehead atoms. The third-order valence-corrected chi connectivity index (χ3v) is 2.94. The van der Waals surface area contributed by atoms with E-state index in [2.05, 4.69) is 17.1 Å². The highest BCUT2D eigenvalue weighted by Gasteiger charge is 2.14. The Kier molecular flexibility index (Phi) is 3.98. The zero-order valence-corrected chi connectivity index (χ0v) is 11.2. The van der Waals surface area contributed by atoms with Gasteiger partial charge in [0, 0.05) is 23.5 Å². The molecule has 2 heteroatoms. The molecular weight excluding hydrogens is 222 g/mol. The summed E-state index contributed by atoms with van der Waals surface area (Å²) in [5.74, 6) is 1.93. The molecule has 0 saturated carbocycles. The zero-order valence-electron chi connectivity index (χ0n) is 11.2. The van der Waals surface area contributed by atoms with Gasteiger partial charge in [-0.3, -0.25) is 4.98 Å². The zero-order chi connectivity index (χ0) is 13.0. The first-order chi connectivity index (χ1) is 8.83. The van der Waals surface area contributed by atoms with Crippen LogP contribution in [0.3, 0.4) is 0 Å². The second-order valence-electron chi connectivity index (χ2n) is 4.14. The van der Waals surface area contributed by atoms with E-state index in [1.54, 1.807) is 0 Å². The normalized spacial score (nSPS) is 12.2. The molecule has 94 valence electrons. The molecule has 0 atom stereocenters. The molecule has 1 aliphatic heterocycles. The van der Waals surface area contributed by atoms with E-state index in [1.165, 1.54) is 11.1 Å². The molecule has 0 fully saturated rings. The van der Waals surface area contributed by atoms with E-state index in [-0.39, 0.29) is 0 Å². The molecule has 0 spiro atoms. The number of aromatic nitrogens is 1. The molecule has 1 aromatic carbocycles. The predicted molar refractivity (Wildman–Crippen MR) is 74.2 cm³/mol. The summed E-state index contributed by atoms with van der Waals surface area (Å²) >= 11 is 0. The highest BCUT2D eigenvalue weighted by atomic mass is 16.5. The Balaban J connectivity index is 0.000000574. The van der Waals surface area contributed by atoms with Gasteiger partial charge in [0.2, 0.25) is 0 Å². The van der Waals surface area contributed by atoms with Crippen molar-refractivity contribution in [2.75, 3.05) is 0 Å². The van der Waals surface area contributed by atoms with E-state index in [9.17, 15) is 0 Å². The Morgan fingerprint density at radius 3 is 2.56 bits per heavy atom. The van der Waals surface area contributed by atoms with Crippen LogP contribution >= 0.6 is 0 Å². The summed E-state index contributed by atoms with van der Waals surface area (Å²) in [6, 6.07) is 10.2. The standard InChI is InChI=1S/C14H13NO.C2H6/c1-10-8-14-12(9-15-10)7-6-11-4-2-3-5-13(11)16-14;1-2/h2-5,8-9H,6-7H2,1H3;1-2H3. The largest absolute Gasteiger partial charge is 0.457 e. The third-order valence-electron chi connectivity index (χ3n) is 2.94. The first kappa shape index (κ1) is 12.6. The summed E-state index contributed by atoms with van der Waals surface area (Å²) in [4.78, 5) is 4.32. The molecule has 2 nitrogen and oxygen atoms in total. The van der Waals surface area contributed by atoms with E-state index in [1.807, 2.05) is 45.2 Å². The highest BCUT2D eigenvalue weighted by Crippen LogP contribution is 2.33. The molecular formula is C16H19NO. The first-order valence-corrected chi connectivity index (χ1v) is 6.54. The van der Waals surface area contributed by atoms with Crippen molar-refractivity contribution in [2.24, 2.45) is 0 Å². The molecule has 1 aliphatic rings. The molecule has 0 amide bonds. The smallest absolute Gasteiger partial charge is 0.133 e. The molecule has 3 rings (SSSR count). The number of rotatable bonds is 0. The van der Waals surface area contributed by atoms with Gasteiger partial charge in [-0.25, -0.2) is 0 Å². The summed E-state index contributed by atoms with van der Waals surface area (Å²) in [6.07, 6.45) is 3.95. The van der Waals surface area contributed by atoms with Crippen LogP contribution in [0, 0.1) is 6.92 Å². The molecule has 0 saturated heterocycles. The van der Waals surface area contributed by atoms with Gasteiger partial charge in [0.05, 0.1) is 0 Å². The third kappa shape index (κ3) is 2.53. The summed E-state index contributed by atoms with van der Waals surface area (Å²) in [5, 5.41) is 0. The molecule has 2 heterocycles. The summed E-state index contributed by atoms with van der Waals surface area (Å²) in [7, 11) is 0. The number of para-hydroxylation sites is 1. The number of pyridine rings is 1. The van der Waals surface area contributed by atoms with Crippen LogP contribution in [0.15, 0.2) is 36.5 Å². The molecule has 1 aromatic heterocycles. The number of hydrogen-bond donors (Lipinski definition) is 0. The maximum absolute atomic E-state index is 5.94. The Morgan fingerprint density at radius 2 is 1.72 bits per heavy atom. The van der Waals surface area contributed by atoms with Gasteiger partial charge in [0.15, 0.2) is 0 Å². The Labute approximate surface area is 109 Å². The second kappa shape index (κ2) is 5.67. The second-order valence-corrected chi connectivity index (χ2v) is 4.14. The molecule has 18 heavy (non-hydrogen) atoms. The lowest BCUT2D eigenvalue weighted by Gasteiger charge is -2.08. The van der Waals surface area contributed by atoms with Gasteiger partial charge in [0.25, 0.3) is 0 Å². The fourth-order valence-corrected chi connectivity index (χ4v) is 2.04. The maximum atomic E-state index is 5.94. The van der Waals surface area contributed by atoms with Crippen LogP contribution in [-0.4, -0.2) is 4.98 Å². The minimum Gasteiger partial charge on any atom is -0.457 e. The van der Waals surface area contributed by atoms with Crippen LogP contribution in [0.2, 0.25) is 0 Å². The number of nitrogens with zero attached hydrogens (tertiary/aromatic N) is 1. The van der Waals surface area contributed by atoms with E-state index in [0.29, 0.717) is 0 Å². The summed E-state index contributed by atoms with van der Waals surface area (Å²) < 4.78 is 5.94. The monoisotopic (exact) mass is 241 g/mol. The van der Waals surface area contributed by atoms with Crippen LogP contribution in [0.1, 0.15) is 30.7 Å². The fraction of sp³-hybridized carbons (Fsp3) is 0.312. The summed E-state index contributed by atoms with van der Waals surface area (Å²) in [5.41, 5.74) is 3.47. The molecule has 0 aliphatic carbocycles. The van der Waals surface area contributed by atoms with Crippen LogP contribution in [-0.2, 0) is 12.8 Å². The number of hydrogen-bond acceptors (Lipinski definition) is 2. The van der Waals surface area contributed by atoms with Gasteiger partial charge >= 0.3 is 0 Å². The number of ether oxygens (including phenoxy) is 1. The maximum Gasteiger partial charge on any atom is 0.133 e. The van der Waals surface area contributed by atoms with Gasteiger partial charge < -0.3 is 4.74 Å². The number of benzene rings is 1. The Morgan fingerprint density at radius 1 is 1.00 bits per heavy atom. The Bertz CT molecular complexity index is 534. The van der Waals surface area contributed by atoms with Crippen molar-refractivity contribution >= 4 is 0 Å². The topological polar surface area (TPSA) is 22.1 Å². The van der Waals surface area contributed by atoms with E-state index >= 15 is 0 Å². The molecule has 0 unspecified atom stereocenters. The minimum absolute atomic E-state index is 0.956. The van der Waals surface area contributed by atoms with Crippen LogP contribution in [0.4, 0.5) is 0 Å². The van der Waals surface area contributed by atoms with Gasteiger partial charge in [-0.1, -0.05) is 32.0 Å². The van der Waals surface area contributed by atoms with Crippen LogP contribution in [0.25, 0.3) is 0 Å². The van der Waals surface area contributed by atoms with Crippen molar-refractivity contribution in [2.45, 2.75) is 33.6 Å². The lowest BCUT2D eigenvalue weighted by atomic mass is 10.1. The SMILES string of the molecule is CC.Cc1cc2c(cn1)CCc1ccccc1O2. The van der Waals surface area contributed by atoms with Crippen LogP contribution < -0.4 is 4.74 Å². The van der Waals surface area contributed by atoms with Gasteiger partial charge in [-0.05, 0) is 31.4 Å². The van der Waals surface area contributed by atoms with Crippen molar-refractivity contribution < 1.29 is 4.74 Å². The fourth-order valence-electron chi connectivity index (χ4n) is 2.04. The summed E-state index contributed by atoms with van der Waals surface area (Å²) in [6.45, 7) is 5.99. The van der Waals surface area contributed by atoms with E-state index < -0.39 is 0 Å². The predicted octanol–water partition coefficient (Wildman–Crippen LogP) is 4.31. The lowest BCUT2D eigenvalue weighted by Crippen LogP contribution is -1.91. The van der Waals surface area contributed by atoms with Gasteiger partial charge in [-0.15, -0.1) is 0 Å². The average molecular weight is 241 g/mol. The Hall–Kier alpha value is -1.83. The number of fused-ring (bicyclic) bond motifs is 2. The first-order valence-electron chi connectivity index (χ1n) is 6.54.